The number of imidazole rings is 1. The van der Waals surface area contributed by atoms with E-state index in [-0.39, 0.29) is 18.7 Å². The van der Waals surface area contributed by atoms with Crippen molar-refractivity contribution in [3.63, 3.8) is 0 Å². The summed E-state index contributed by atoms with van der Waals surface area (Å²) in [6, 6.07) is 8.04. The number of para-hydroxylation sites is 2. The van der Waals surface area contributed by atoms with E-state index in [1.165, 1.54) is 0 Å². The average Bonchev–Trinajstić information content (AvgIpc) is 3.03. The molecule has 0 unspecified atom stereocenters. The highest BCUT2D eigenvalue weighted by Crippen LogP contribution is 2.16. The lowest BCUT2D eigenvalue weighted by Gasteiger charge is -2.27. The van der Waals surface area contributed by atoms with E-state index in [2.05, 4.69) is 20.9 Å². The molecule has 0 spiro atoms. The van der Waals surface area contributed by atoms with Gasteiger partial charge in [0.1, 0.15) is 5.82 Å². The molecular weight excluding hydrogens is 348 g/mol. The summed E-state index contributed by atoms with van der Waals surface area (Å²) in [7, 11) is 0. The number of ether oxygens (including phenoxy) is 1. The molecule has 2 aromatic rings. The Balaban J connectivity index is 1.61. The van der Waals surface area contributed by atoms with Gasteiger partial charge in [0.2, 0.25) is 5.91 Å². The topological polar surface area (TPSA) is 96.7 Å². The van der Waals surface area contributed by atoms with Gasteiger partial charge in [0, 0.05) is 45.6 Å². The molecule has 0 saturated carbocycles. The number of hydrogen-bond donors (Lipinski definition) is 2. The van der Waals surface area contributed by atoms with Gasteiger partial charge in [-0.1, -0.05) is 12.1 Å². The maximum absolute atomic E-state index is 11.7. The molecule has 1 saturated heterocycles. The average molecular weight is 374 g/mol. The van der Waals surface area contributed by atoms with Crippen molar-refractivity contribution in [3.8, 4) is 0 Å². The first kappa shape index (κ1) is 19.3. The van der Waals surface area contributed by atoms with Gasteiger partial charge < -0.3 is 19.7 Å². The number of benzene rings is 1. The van der Waals surface area contributed by atoms with Crippen LogP contribution in [-0.2, 0) is 27.3 Å². The molecule has 0 atom stereocenters. The largest absolute Gasteiger partial charge is 0.481 e. The predicted molar refractivity (Wildman–Crippen MR) is 101 cm³/mol. The third-order valence-corrected chi connectivity index (χ3v) is 4.71. The van der Waals surface area contributed by atoms with Gasteiger partial charge in [0.15, 0.2) is 0 Å². The normalized spacial score (nSPS) is 15.1. The highest BCUT2D eigenvalue weighted by Gasteiger charge is 2.14. The molecule has 2 heterocycles. The van der Waals surface area contributed by atoms with Crippen LogP contribution < -0.4 is 5.32 Å². The number of carbonyl (C=O) groups excluding carboxylic acids is 1. The molecule has 1 aromatic heterocycles. The van der Waals surface area contributed by atoms with Crippen LogP contribution in [0.1, 0.15) is 18.7 Å². The third-order valence-electron chi connectivity index (χ3n) is 4.71. The van der Waals surface area contributed by atoms with Gasteiger partial charge in [-0.2, -0.15) is 0 Å². The molecule has 1 aliphatic rings. The highest BCUT2D eigenvalue weighted by atomic mass is 16.5. The van der Waals surface area contributed by atoms with Crippen molar-refractivity contribution in [3.05, 3.63) is 30.1 Å². The second-order valence-corrected chi connectivity index (χ2v) is 6.62. The van der Waals surface area contributed by atoms with Crippen molar-refractivity contribution in [2.24, 2.45) is 0 Å². The van der Waals surface area contributed by atoms with E-state index in [1.807, 2.05) is 18.2 Å². The molecule has 0 aliphatic carbocycles. The molecule has 0 bridgehead atoms. The quantitative estimate of drug-likeness (QED) is 0.677. The van der Waals surface area contributed by atoms with E-state index >= 15 is 0 Å². The zero-order valence-electron chi connectivity index (χ0n) is 15.4. The van der Waals surface area contributed by atoms with Crippen LogP contribution >= 0.6 is 0 Å². The minimum Gasteiger partial charge on any atom is -0.481 e. The molecule has 1 amide bonds. The number of aromatic nitrogens is 2. The lowest BCUT2D eigenvalue weighted by molar-refractivity contribution is -0.138. The number of carboxylic acid groups (broad SMARTS) is 1. The SMILES string of the molecule is O=C(O)CCC(=O)NCCc1nc2ccccc2n1CCN1CCOCC1. The minimum atomic E-state index is -0.963. The number of carbonyl (C=O) groups is 2. The van der Waals surface area contributed by atoms with Crippen molar-refractivity contribution in [1.29, 1.82) is 0 Å². The number of hydrogen-bond acceptors (Lipinski definition) is 5. The van der Waals surface area contributed by atoms with Crippen LogP contribution in [0.4, 0.5) is 0 Å². The summed E-state index contributed by atoms with van der Waals surface area (Å²) in [5.41, 5.74) is 2.05. The summed E-state index contributed by atoms with van der Waals surface area (Å²) in [4.78, 5) is 29.4. The van der Waals surface area contributed by atoms with Crippen LogP contribution in [0.15, 0.2) is 24.3 Å². The number of fused-ring (bicyclic) bond motifs is 1. The Morgan fingerprint density at radius 1 is 1.15 bits per heavy atom. The first-order chi connectivity index (χ1) is 13.1. The van der Waals surface area contributed by atoms with Crippen molar-refractivity contribution in [2.45, 2.75) is 25.8 Å². The van der Waals surface area contributed by atoms with Crippen LogP contribution in [-0.4, -0.2) is 70.8 Å². The molecule has 27 heavy (non-hydrogen) atoms. The summed E-state index contributed by atoms with van der Waals surface area (Å²) in [6.45, 7) is 5.66. The molecule has 0 radical (unpaired) electrons. The Morgan fingerprint density at radius 2 is 1.93 bits per heavy atom. The number of rotatable bonds is 9. The van der Waals surface area contributed by atoms with Crippen LogP contribution in [0, 0.1) is 0 Å². The van der Waals surface area contributed by atoms with Crippen LogP contribution in [0.3, 0.4) is 0 Å². The fraction of sp³-hybridized carbons (Fsp3) is 0.526. The summed E-state index contributed by atoms with van der Waals surface area (Å²) in [6.07, 6.45) is 0.462. The zero-order valence-corrected chi connectivity index (χ0v) is 15.4. The number of aliphatic carboxylic acids is 1. The van der Waals surface area contributed by atoms with Crippen molar-refractivity contribution in [2.75, 3.05) is 39.4 Å². The van der Waals surface area contributed by atoms with Crippen molar-refractivity contribution in [1.82, 2.24) is 19.8 Å². The van der Waals surface area contributed by atoms with Crippen LogP contribution in [0.5, 0.6) is 0 Å². The standard InChI is InChI=1S/C19H26N4O4/c24-18(5-6-19(25)26)20-8-7-17-21-15-3-1-2-4-16(15)23(17)10-9-22-11-13-27-14-12-22/h1-4H,5-14H2,(H,20,24)(H,25,26). The van der Waals surface area contributed by atoms with Gasteiger partial charge in [-0.25, -0.2) is 4.98 Å². The predicted octanol–water partition coefficient (Wildman–Crippen LogP) is 0.892. The second kappa shape index (κ2) is 9.48. The molecule has 146 valence electrons. The van der Waals surface area contributed by atoms with Crippen molar-refractivity contribution >= 4 is 22.9 Å². The fourth-order valence-electron chi connectivity index (χ4n) is 3.25. The van der Waals surface area contributed by atoms with Crippen LogP contribution in [0.2, 0.25) is 0 Å². The monoisotopic (exact) mass is 374 g/mol. The number of morpholine rings is 1. The smallest absolute Gasteiger partial charge is 0.303 e. The Bertz CT molecular complexity index is 783. The Labute approximate surface area is 158 Å². The molecule has 8 nitrogen and oxygen atoms in total. The fourth-order valence-corrected chi connectivity index (χ4v) is 3.25. The van der Waals surface area contributed by atoms with Gasteiger partial charge in [-0.3, -0.25) is 14.5 Å². The molecule has 2 N–H and O–H groups in total. The van der Waals surface area contributed by atoms with E-state index in [1.54, 1.807) is 0 Å². The summed E-state index contributed by atoms with van der Waals surface area (Å²) in [5, 5.41) is 11.4. The van der Waals surface area contributed by atoms with E-state index < -0.39 is 5.97 Å². The number of amides is 1. The van der Waals surface area contributed by atoms with Crippen LogP contribution in [0.25, 0.3) is 11.0 Å². The second-order valence-electron chi connectivity index (χ2n) is 6.62. The minimum absolute atomic E-state index is 0.00276. The number of nitrogens with one attached hydrogen (secondary N) is 1. The highest BCUT2D eigenvalue weighted by molar-refractivity contribution is 5.80. The Hall–Kier alpha value is -2.45. The zero-order chi connectivity index (χ0) is 19.1. The van der Waals surface area contributed by atoms with Gasteiger partial charge >= 0.3 is 5.97 Å². The maximum Gasteiger partial charge on any atom is 0.303 e. The molecule has 1 aliphatic heterocycles. The molecule has 1 fully saturated rings. The van der Waals surface area contributed by atoms with Gasteiger partial charge in [-0.05, 0) is 12.1 Å². The first-order valence-corrected chi connectivity index (χ1v) is 9.36. The molecule has 1 aromatic carbocycles. The van der Waals surface area contributed by atoms with Crippen molar-refractivity contribution < 1.29 is 19.4 Å². The summed E-state index contributed by atoms with van der Waals surface area (Å²) >= 11 is 0. The van der Waals surface area contributed by atoms with E-state index in [0.29, 0.717) is 13.0 Å². The lowest BCUT2D eigenvalue weighted by Crippen LogP contribution is -2.38. The molecule has 8 heteroatoms. The van der Waals surface area contributed by atoms with E-state index in [4.69, 9.17) is 14.8 Å². The Kier molecular flexibility index (Phi) is 6.78. The molecular formula is C19H26N4O4. The van der Waals surface area contributed by atoms with Gasteiger partial charge in [0.05, 0.1) is 30.7 Å². The number of nitrogens with zero attached hydrogens (tertiary/aromatic N) is 3. The summed E-state index contributed by atoms with van der Waals surface area (Å²) < 4.78 is 7.62. The number of carboxylic acids is 1. The van der Waals surface area contributed by atoms with Gasteiger partial charge in [-0.15, -0.1) is 0 Å². The first-order valence-electron chi connectivity index (χ1n) is 9.36. The molecule has 3 rings (SSSR count). The third kappa shape index (κ3) is 5.51. The summed E-state index contributed by atoms with van der Waals surface area (Å²) in [5.74, 6) is -0.272. The maximum atomic E-state index is 11.7. The van der Waals surface area contributed by atoms with Gasteiger partial charge in [0.25, 0.3) is 0 Å². The lowest BCUT2D eigenvalue weighted by atomic mass is 10.3. The van der Waals surface area contributed by atoms with E-state index in [0.717, 1.165) is 56.3 Å². The van der Waals surface area contributed by atoms with E-state index in [9.17, 15) is 9.59 Å². The Morgan fingerprint density at radius 3 is 2.70 bits per heavy atom.